The molecule has 2 aromatic carbocycles. The van der Waals surface area contributed by atoms with Crippen molar-refractivity contribution in [3.8, 4) is 28.1 Å². The standard InChI is InChI=1S/C48H61N7O7/c1-8-43(57)53-25-33(26-53)50-24-38(29(3)4)45(58)51-40-20-30-18-32(21-34(56)19-30)31-14-15-42-36(22-31)37(44(54(42)9-2)35-12-10-16-49-41(35)27-61-7)23-48(5,6)28-62-47(60)39-13-11-17-55(52-39)46(40)59/h8,10,12,14-16,18-19,21-22,29,33,38-40,50,52,56H,1,9,11,13,17,20,23-28H2,2-7H3,(H,51,58)/t38-,39-,40-/m0/s1. The van der Waals surface area contributed by atoms with Gasteiger partial charge in [-0.2, -0.15) is 0 Å². The van der Waals surface area contributed by atoms with Crippen LogP contribution in [-0.2, 0) is 54.6 Å². The van der Waals surface area contributed by atoms with Crippen LogP contribution in [0.5, 0.6) is 5.75 Å². The number of amides is 3. The predicted molar refractivity (Wildman–Crippen MR) is 238 cm³/mol. The average Bonchev–Trinajstić information content (AvgIpc) is 3.53. The summed E-state index contributed by atoms with van der Waals surface area (Å²) >= 11 is 0. The Labute approximate surface area is 364 Å². The summed E-state index contributed by atoms with van der Waals surface area (Å²) in [5.41, 5.74) is 9.84. The quantitative estimate of drug-likeness (QED) is 0.117. The largest absolute Gasteiger partial charge is 0.508 e. The van der Waals surface area contributed by atoms with Crippen LogP contribution in [0.3, 0.4) is 0 Å². The Morgan fingerprint density at radius 1 is 1.13 bits per heavy atom. The average molecular weight is 848 g/mol. The molecule has 2 fully saturated rings. The summed E-state index contributed by atoms with van der Waals surface area (Å²) in [6, 6.07) is 13.9. The van der Waals surface area contributed by atoms with E-state index in [1.54, 1.807) is 30.3 Å². The third-order valence-electron chi connectivity index (χ3n) is 12.4. The van der Waals surface area contributed by atoms with Crippen LogP contribution < -0.4 is 16.1 Å². The third-order valence-corrected chi connectivity index (χ3v) is 12.4. The van der Waals surface area contributed by atoms with Crippen LogP contribution in [0.1, 0.15) is 64.3 Å². The number of fused-ring (bicyclic) bond motifs is 6. The molecular formula is C48H61N7O7. The van der Waals surface area contributed by atoms with Gasteiger partial charge in [-0.15, -0.1) is 0 Å². The molecule has 6 bridgehead atoms. The van der Waals surface area contributed by atoms with Crippen LogP contribution >= 0.6 is 0 Å². The number of rotatable bonds is 11. The maximum Gasteiger partial charge on any atom is 0.324 e. The summed E-state index contributed by atoms with van der Waals surface area (Å²) in [4.78, 5) is 61.0. The molecule has 3 aliphatic rings. The van der Waals surface area contributed by atoms with Crippen LogP contribution in [0.4, 0.5) is 0 Å². The zero-order chi connectivity index (χ0) is 44.3. The highest BCUT2D eigenvalue weighted by atomic mass is 16.5. The Morgan fingerprint density at radius 2 is 1.92 bits per heavy atom. The van der Waals surface area contributed by atoms with Crippen molar-refractivity contribution in [2.45, 2.75) is 91.6 Å². The maximum atomic E-state index is 14.6. The number of likely N-dealkylation sites (tertiary alicyclic amines) is 1. The van der Waals surface area contributed by atoms with E-state index in [0.717, 1.165) is 44.5 Å². The number of esters is 1. The smallest absolute Gasteiger partial charge is 0.324 e. The first-order chi connectivity index (χ1) is 29.7. The van der Waals surface area contributed by atoms with Gasteiger partial charge < -0.3 is 34.7 Å². The lowest BCUT2D eigenvalue weighted by molar-refractivity contribution is -0.155. The minimum Gasteiger partial charge on any atom is -0.508 e. The van der Waals surface area contributed by atoms with Gasteiger partial charge in [0.2, 0.25) is 11.8 Å². The molecule has 0 saturated carbocycles. The van der Waals surface area contributed by atoms with Crippen molar-refractivity contribution in [3.05, 3.63) is 84.2 Å². The molecule has 5 heterocycles. The Kier molecular flexibility index (Phi) is 13.5. The number of methoxy groups -OCH3 is 1. The first kappa shape index (κ1) is 44.5. The number of ether oxygens (including phenoxy) is 2. The fraction of sp³-hybridized carbons (Fsp3) is 0.479. The third kappa shape index (κ3) is 9.57. The number of carbonyl (C=O) groups excluding carboxylic acids is 4. The molecule has 4 aromatic rings. The lowest BCUT2D eigenvalue weighted by Crippen LogP contribution is -2.62. The number of aromatic nitrogens is 2. The van der Waals surface area contributed by atoms with Gasteiger partial charge in [0.15, 0.2) is 0 Å². The molecule has 330 valence electrons. The van der Waals surface area contributed by atoms with E-state index in [9.17, 15) is 24.3 Å². The van der Waals surface area contributed by atoms with Crippen molar-refractivity contribution in [2.75, 3.05) is 39.9 Å². The number of hydrazine groups is 1. The minimum absolute atomic E-state index is 0.0323. The van der Waals surface area contributed by atoms with E-state index >= 15 is 0 Å². The van der Waals surface area contributed by atoms with E-state index in [-0.39, 0.29) is 42.6 Å². The number of cyclic esters (lactones) is 1. The van der Waals surface area contributed by atoms with Gasteiger partial charge in [-0.25, -0.2) is 5.43 Å². The molecule has 0 radical (unpaired) electrons. The second-order valence-electron chi connectivity index (χ2n) is 18.1. The SMILES string of the molecule is C=CC(=O)N1CC(NC[C@H](C(=O)N[C@H]2Cc3cc(O)cc(c3)-c3ccc4c(c3)c(c(-c3cccnc3COC)n4CC)CC(C)(C)COC(=O)[C@@H]3CCCN(N3)C2=O)C(C)C)C1. The Morgan fingerprint density at radius 3 is 2.65 bits per heavy atom. The second-order valence-corrected chi connectivity index (χ2v) is 18.1. The second kappa shape index (κ2) is 18.8. The molecule has 62 heavy (non-hydrogen) atoms. The Hall–Kier alpha value is -5.57. The number of phenols is 1. The summed E-state index contributed by atoms with van der Waals surface area (Å²) in [6.45, 7) is 16.7. The van der Waals surface area contributed by atoms with Gasteiger partial charge in [-0.1, -0.05) is 46.4 Å². The van der Waals surface area contributed by atoms with E-state index in [1.165, 1.54) is 11.1 Å². The number of carbonyl (C=O) groups is 4. The number of nitrogens with zero attached hydrogens (tertiary/aromatic N) is 4. The summed E-state index contributed by atoms with van der Waals surface area (Å²) < 4.78 is 14.0. The molecule has 2 aromatic heterocycles. The van der Waals surface area contributed by atoms with E-state index in [1.807, 2.05) is 32.0 Å². The van der Waals surface area contributed by atoms with Gasteiger partial charge in [-0.3, -0.25) is 29.2 Å². The number of benzene rings is 2. The number of nitrogens with one attached hydrogen (secondary N) is 3. The molecule has 3 amide bonds. The van der Waals surface area contributed by atoms with Crippen molar-refractivity contribution < 1.29 is 33.8 Å². The van der Waals surface area contributed by atoms with Gasteiger partial charge in [0.1, 0.15) is 17.8 Å². The van der Waals surface area contributed by atoms with Crippen molar-refractivity contribution in [2.24, 2.45) is 17.3 Å². The number of pyridine rings is 1. The molecule has 0 unspecified atom stereocenters. The molecule has 0 aliphatic carbocycles. The topological polar surface area (TPSA) is 167 Å². The summed E-state index contributed by atoms with van der Waals surface area (Å²) in [5.74, 6) is -1.78. The molecule has 4 N–H and O–H groups in total. The van der Waals surface area contributed by atoms with Crippen LogP contribution in [0.15, 0.2) is 67.4 Å². The molecule has 3 atom stereocenters. The monoisotopic (exact) mass is 847 g/mol. The van der Waals surface area contributed by atoms with Gasteiger partial charge >= 0.3 is 5.97 Å². The normalized spacial score (nSPS) is 20.0. The Bertz CT molecular complexity index is 2330. The molecule has 14 heteroatoms. The van der Waals surface area contributed by atoms with Crippen molar-refractivity contribution >= 4 is 34.6 Å². The van der Waals surface area contributed by atoms with Crippen molar-refractivity contribution in [1.29, 1.82) is 0 Å². The van der Waals surface area contributed by atoms with Crippen LogP contribution in [-0.4, -0.2) is 106 Å². The highest BCUT2D eigenvalue weighted by molar-refractivity contribution is 5.95. The first-order valence-electron chi connectivity index (χ1n) is 21.8. The molecule has 2 saturated heterocycles. The zero-order valence-electron chi connectivity index (χ0n) is 36.8. The lowest BCUT2D eigenvalue weighted by atomic mass is 9.84. The molecular weight excluding hydrogens is 787 g/mol. The summed E-state index contributed by atoms with van der Waals surface area (Å²) in [5, 5.41) is 20.2. The van der Waals surface area contributed by atoms with Gasteiger partial charge in [0.25, 0.3) is 5.91 Å². The number of hydrogen-bond donors (Lipinski definition) is 4. The van der Waals surface area contributed by atoms with E-state index in [4.69, 9.17) is 14.5 Å². The number of hydrogen-bond acceptors (Lipinski definition) is 10. The van der Waals surface area contributed by atoms with E-state index in [0.29, 0.717) is 64.2 Å². The maximum absolute atomic E-state index is 14.6. The summed E-state index contributed by atoms with van der Waals surface area (Å²) in [7, 11) is 1.66. The molecule has 3 aliphatic heterocycles. The summed E-state index contributed by atoms with van der Waals surface area (Å²) in [6.07, 6.45) is 4.76. The van der Waals surface area contributed by atoms with Crippen LogP contribution in [0, 0.1) is 17.3 Å². The van der Waals surface area contributed by atoms with Crippen molar-refractivity contribution in [3.63, 3.8) is 0 Å². The van der Waals surface area contributed by atoms with Crippen LogP contribution in [0.25, 0.3) is 33.3 Å². The van der Waals surface area contributed by atoms with E-state index in [2.05, 4.69) is 66.2 Å². The number of phenolic OH excluding ortho intramolecular Hbond substituents is 1. The highest BCUT2D eigenvalue weighted by Gasteiger charge is 2.37. The molecule has 7 rings (SSSR count). The first-order valence-corrected chi connectivity index (χ1v) is 21.8. The fourth-order valence-corrected chi connectivity index (χ4v) is 9.04. The zero-order valence-corrected chi connectivity index (χ0v) is 36.8. The number of aromatic hydroxyl groups is 1. The minimum atomic E-state index is -1.03. The van der Waals surface area contributed by atoms with Gasteiger partial charge in [0.05, 0.1) is 30.5 Å². The highest BCUT2D eigenvalue weighted by Crippen LogP contribution is 2.41. The molecule has 0 spiro atoms. The fourth-order valence-electron chi connectivity index (χ4n) is 9.04. The predicted octanol–water partition coefficient (Wildman–Crippen LogP) is 5.15. The lowest BCUT2D eigenvalue weighted by Gasteiger charge is -2.40. The number of aryl methyl sites for hydroxylation is 1. The van der Waals surface area contributed by atoms with Gasteiger partial charge in [-0.05, 0) is 96.8 Å². The van der Waals surface area contributed by atoms with Crippen molar-refractivity contribution in [1.82, 2.24) is 35.5 Å². The van der Waals surface area contributed by atoms with Crippen LogP contribution in [0.2, 0.25) is 0 Å². The van der Waals surface area contributed by atoms with E-state index < -0.39 is 35.3 Å². The Balaban J connectivity index is 1.28. The molecule has 14 nitrogen and oxygen atoms in total. The van der Waals surface area contributed by atoms with Gasteiger partial charge in [0, 0.05) is 80.4 Å².